The van der Waals surface area contributed by atoms with E-state index in [2.05, 4.69) is 15.5 Å². The Kier molecular flexibility index (Phi) is 4.26. The first-order chi connectivity index (χ1) is 14.2. The van der Waals surface area contributed by atoms with E-state index in [0.29, 0.717) is 22.0 Å². The lowest BCUT2D eigenvalue weighted by Crippen LogP contribution is -2.22. The van der Waals surface area contributed by atoms with Gasteiger partial charge in [-0.25, -0.2) is 0 Å². The Morgan fingerprint density at radius 2 is 1.83 bits per heavy atom. The molecule has 0 saturated carbocycles. The van der Waals surface area contributed by atoms with Crippen molar-refractivity contribution in [2.75, 3.05) is 0 Å². The zero-order chi connectivity index (χ0) is 19.8. The molecule has 0 spiro atoms. The third-order valence-corrected chi connectivity index (χ3v) is 4.96. The minimum absolute atomic E-state index is 0.0775. The monoisotopic (exact) mass is 403 g/mol. The van der Waals surface area contributed by atoms with Crippen molar-refractivity contribution in [2.45, 2.75) is 6.54 Å². The van der Waals surface area contributed by atoms with Crippen LogP contribution in [0.25, 0.3) is 33.1 Å². The lowest BCUT2D eigenvalue weighted by molar-refractivity contribution is 0.0920. The van der Waals surface area contributed by atoms with Crippen LogP contribution in [0.4, 0.5) is 0 Å². The molecule has 0 fully saturated rings. The van der Waals surface area contributed by atoms with Crippen molar-refractivity contribution in [1.82, 2.24) is 15.5 Å². The summed E-state index contributed by atoms with van der Waals surface area (Å²) in [6, 6.07) is 20.7. The number of benzene rings is 3. The summed E-state index contributed by atoms with van der Waals surface area (Å²) < 4.78 is 10.9. The molecule has 29 heavy (non-hydrogen) atoms. The third kappa shape index (κ3) is 3.23. The molecular weight excluding hydrogens is 390 g/mol. The van der Waals surface area contributed by atoms with Crippen LogP contribution in [-0.4, -0.2) is 16.0 Å². The number of nitrogens with zero attached hydrogens (tertiary/aromatic N) is 2. The second-order valence-corrected chi connectivity index (χ2v) is 6.89. The molecule has 7 heteroatoms. The first-order valence-electron chi connectivity index (χ1n) is 8.96. The van der Waals surface area contributed by atoms with Crippen molar-refractivity contribution >= 4 is 39.2 Å². The van der Waals surface area contributed by atoms with Gasteiger partial charge in [-0.15, -0.1) is 0 Å². The van der Waals surface area contributed by atoms with Crippen molar-refractivity contribution in [3.63, 3.8) is 0 Å². The van der Waals surface area contributed by atoms with E-state index in [-0.39, 0.29) is 24.1 Å². The van der Waals surface area contributed by atoms with Gasteiger partial charge in [0.15, 0.2) is 5.76 Å². The van der Waals surface area contributed by atoms with Crippen LogP contribution in [-0.2, 0) is 6.54 Å². The van der Waals surface area contributed by atoms with Gasteiger partial charge in [-0.1, -0.05) is 59.2 Å². The summed E-state index contributed by atoms with van der Waals surface area (Å²) >= 11 is 6.15. The number of amides is 1. The van der Waals surface area contributed by atoms with Crippen molar-refractivity contribution in [3.05, 3.63) is 83.4 Å². The van der Waals surface area contributed by atoms with Gasteiger partial charge in [-0.3, -0.25) is 4.79 Å². The van der Waals surface area contributed by atoms with Gasteiger partial charge in [0.2, 0.25) is 11.7 Å². The lowest BCUT2D eigenvalue weighted by atomic mass is 10.1. The summed E-state index contributed by atoms with van der Waals surface area (Å²) in [6.07, 6.45) is 0. The lowest BCUT2D eigenvalue weighted by Gasteiger charge is -1.98. The zero-order valence-corrected chi connectivity index (χ0v) is 15.8. The van der Waals surface area contributed by atoms with Crippen LogP contribution in [0.15, 0.2) is 75.7 Å². The molecular formula is C22H14ClN3O3. The number of carbonyl (C=O) groups excluding carboxylic acids is 1. The maximum absolute atomic E-state index is 12.5. The third-order valence-electron chi connectivity index (χ3n) is 4.63. The summed E-state index contributed by atoms with van der Waals surface area (Å²) in [5.74, 6) is 0.509. The number of halogens is 1. The Bertz CT molecular complexity index is 1360. The molecule has 0 bridgehead atoms. The maximum Gasteiger partial charge on any atom is 0.287 e. The highest BCUT2D eigenvalue weighted by atomic mass is 35.5. The average Bonchev–Trinajstić information content (AvgIpc) is 3.39. The molecule has 0 atom stereocenters. The summed E-state index contributed by atoms with van der Waals surface area (Å²) in [4.78, 5) is 16.8. The predicted octanol–water partition coefficient (Wildman–Crippen LogP) is 5.22. The van der Waals surface area contributed by atoms with Crippen LogP contribution >= 0.6 is 11.6 Å². The fourth-order valence-corrected chi connectivity index (χ4v) is 3.45. The van der Waals surface area contributed by atoms with Crippen molar-refractivity contribution in [1.29, 1.82) is 0 Å². The van der Waals surface area contributed by atoms with Gasteiger partial charge >= 0.3 is 0 Å². The van der Waals surface area contributed by atoms with Gasteiger partial charge < -0.3 is 14.3 Å². The molecule has 5 aromatic rings. The summed E-state index contributed by atoms with van der Waals surface area (Å²) in [5, 5.41) is 10.2. The number of fused-ring (bicyclic) bond motifs is 3. The Morgan fingerprint density at radius 1 is 1.00 bits per heavy atom. The fourth-order valence-electron chi connectivity index (χ4n) is 3.23. The molecule has 3 aromatic carbocycles. The molecule has 0 radical (unpaired) electrons. The molecule has 2 heterocycles. The first kappa shape index (κ1) is 17.5. The normalized spacial score (nSPS) is 11.2. The Morgan fingerprint density at radius 3 is 2.72 bits per heavy atom. The number of hydrogen-bond acceptors (Lipinski definition) is 5. The van der Waals surface area contributed by atoms with E-state index in [9.17, 15) is 4.79 Å². The minimum Gasteiger partial charge on any atom is -0.451 e. The van der Waals surface area contributed by atoms with E-state index in [0.717, 1.165) is 16.2 Å². The van der Waals surface area contributed by atoms with Gasteiger partial charge in [0, 0.05) is 10.9 Å². The molecule has 0 unspecified atom stereocenters. The van der Waals surface area contributed by atoms with Crippen molar-refractivity contribution in [2.24, 2.45) is 0 Å². The largest absolute Gasteiger partial charge is 0.451 e. The molecule has 0 saturated heterocycles. The average molecular weight is 404 g/mol. The smallest absolute Gasteiger partial charge is 0.287 e. The van der Waals surface area contributed by atoms with Crippen molar-refractivity contribution in [3.8, 4) is 11.4 Å². The fraction of sp³-hybridized carbons (Fsp3) is 0.0455. The molecule has 5 rings (SSSR count). The number of carbonyl (C=O) groups is 1. The van der Waals surface area contributed by atoms with Gasteiger partial charge in [-0.05, 0) is 35.0 Å². The predicted molar refractivity (Wildman–Crippen MR) is 110 cm³/mol. The number of hydrogen-bond donors (Lipinski definition) is 1. The maximum atomic E-state index is 12.5. The molecule has 1 amide bonds. The van der Waals surface area contributed by atoms with Crippen LogP contribution < -0.4 is 5.32 Å². The highest BCUT2D eigenvalue weighted by Crippen LogP contribution is 2.28. The minimum atomic E-state index is -0.359. The van der Waals surface area contributed by atoms with Gasteiger partial charge in [0.05, 0.1) is 11.6 Å². The topological polar surface area (TPSA) is 81.2 Å². The highest BCUT2D eigenvalue weighted by molar-refractivity contribution is 6.33. The van der Waals surface area contributed by atoms with Gasteiger partial charge in [0.25, 0.3) is 5.91 Å². The van der Waals surface area contributed by atoms with Gasteiger partial charge in [-0.2, -0.15) is 4.98 Å². The van der Waals surface area contributed by atoms with Crippen LogP contribution in [0.1, 0.15) is 16.4 Å². The van der Waals surface area contributed by atoms with E-state index in [4.69, 9.17) is 20.5 Å². The Labute approximate surface area is 170 Å². The number of nitrogens with one attached hydrogen (secondary N) is 1. The van der Waals surface area contributed by atoms with Crippen LogP contribution in [0.2, 0.25) is 5.02 Å². The van der Waals surface area contributed by atoms with Gasteiger partial charge in [0.1, 0.15) is 5.58 Å². The quantitative estimate of drug-likeness (QED) is 0.445. The molecule has 0 aliphatic rings. The molecule has 1 N–H and O–H groups in total. The SMILES string of the molecule is O=C(NCc1nc(-c2ccccc2Cl)no1)c1cc2c(ccc3ccccc32)o1. The summed E-state index contributed by atoms with van der Waals surface area (Å²) in [7, 11) is 0. The van der Waals surface area contributed by atoms with E-state index in [1.165, 1.54) is 0 Å². The Hall–Kier alpha value is -3.64. The summed E-state index contributed by atoms with van der Waals surface area (Å²) in [6.45, 7) is 0.0775. The molecule has 0 aliphatic heterocycles. The number of rotatable bonds is 4. The van der Waals surface area contributed by atoms with Crippen LogP contribution in [0.5, 0.6) is 0 Å². The highest BCUT2D eigenvalue weighted by Gasteiger charge is 2.16. The number of furan rings is 1. The molecule has 6 nitrogen and oxygen atoms in total. The molecule has 0 aliphatic carbocycles. The van der Waals surface area contributed by atoms with Crippen molar-refractivity contribution < 1.29 is 13.7 Å². The second-order valence-electron chi connectivity index (χ2n) is 6.48. The first-order valence-corrected chi connectivity index (χ1v) is 9.34. The van der Waals surface area contributed by atoms with E-state index < -0.39 is 0 Å². The van der Waals surface area contributed by atoms with E-state index >= 15 is 0 Å². The molecule has 142 valence electrons. The zero-order valence-electron chi connectivity index (χ0n) is 15.1. The van der Waals surface area contributed by atoms with Crippen LogP contribution in [0.3, 0.4) is 0 Å². The van der Waals surface area contributed by atoms with E-state index in [1.54, 1.807) is 18.2 Å². The summed E-state index contributed by atoms with van der Waals surface area (Å²) in [5.41, 5.74) is 1.33. The number of aromatic nitrogens is 2. The van der Waals surface area contributed by atoms with E-state index in [1.807, 2.05) is 48.5 Å². The second kappa shape index (κ2) is 7.07. The molecule has 2 aromatic heterocycles. The van der Waals surface area contributed by atoms with Crippen LogP contribution in [0, 0.1) is 0 Å². The standard InChI is InChI=1S/C22H14ClN3O3/c23-17-8-4-3-7-15(17)21-25-20(29-26-21)12-24-22(27)19-11-16-14-6-2-1-5-13(14)9-10-18(16)28-19/h1-11H,12H2,(H,24,27). The Balaban J connectivity index is 1.35.